The first-order chi connectivity index (χ1) is 18.2. The first-order valence-electron chi connectivity index (χ1n) is 13.8. The van der Waals surface area contributed by atoms with Gasteiger partial charge in [0, 0.05) is 30.9 Å². The Hall–Kier alpha value is -2.58. The van der Waals surface area contributed by atoms with Crippen molar-refractivity contribution in [3.8, 4) is 0 Å². The molecule has 0 aliphatic carbocycles. The number of rotatable bonds is 7. The maximum atomic E-state index is 14.4. The van der Waals surface area contributed by atoms with Crippen LogP contribution in [0.2, 0.25) is 0 Å². The number of amides is 3. The molecule has 1 aromatic rings. The Morgan fingerprint density at radius 2 is 1.74 bits per heavy atom. The van der Waals surface area contributed by atoms with Gasteiger partial charge < -0.3 is 19.8 Å². The van der Waals surface area contributed by atoms with Gasteiger partial charge in [0.15, 0.2) is 0 Å². The van der Waals surface area contributed by atoms with E-state index in [1.807, 2.05) is 72.2 Å². The van der Waals surface area contributed by atoms with Crippen LogP contribution in [-0.4, -0.2) is 85.3 Å². The Kier molecular flexibility index (Phi) is 7.48. The van der Waals surface area contributed by atoms with Crippen molar-refractivity contribution in [3.63, 3.8) is 0 Å². The summed E-state index contributed by atoms with van der Waals surface area (Å²) < 4.78 is -0.854. The summed E-state index contributed by atoms with van der Waals surface area (Å²) in [6.45, 7) is 9.30. The second-order valence-corrected chi connectivity index (χ2v) is 13.2. The molecule has 6 atom stereocenters. The summed E-state index contributed by atoms with van der Waals surface area (Å²) in [4.78, 5) is 48.2. The van der Waals surface area contributed by atoms with E-state index in [2.05, 4.69) is 19.9 Å². The highest BCUT2D eigenvalue weighted by Gasteiger charge is 2.71. The molecule has 2 saturated heterocycles. The Balaban J connectivity index is 1.58. The molecule has 1 spiro atoms. The average Bonchev–Trinajstić information content (AvgIpc) is 3.20. The normalized spacial score (nSPS) is 31.6. The SMILES string of the molecule is CC(C)C[C@H](CO)N1C(=O)[C@@H]2[C@@H]3C(=O)N(Cc4ccccc4)CC=C[C@@H]3S[C@@]23C=CCN(C(C)C)C(=O)C13. The minimum atomic E-state index is -0.854. The monoisotopic (exact) mass is 537 g/mol. The molecule has 7 nitrogen and oxygen atoms in total. The first kappa shape index (κ1) is 27.0. The average molecular weight is 538 g/mol. The van der Waals surface area contributed by atoms with E-state index in [0.29, 0.717) is 26.1 Å². The van der Waals surface area contributed by atoms with Crippen molar-refractivity contribution in [1.82, 2.24) is 14.7 Å². The second-order valence-electron chi connectivity index (χ2n) is 11.7. The van der Waals surface area contributed by atoms with Gasteiger partial charge in [-0.3, -0.25) is 14.4 Å². The molecule has 1 aromatic carbocycles. The molecular weight excluding hydrogens is 498 g/mol. The van der Waals surface area contributed by atoms with Crippen LogP contribution in [0.4, 0.5) is 0 Å². The number of thioether (sulfide) groups is 1. The molecule has 204 valence electrons. The van der Waals surface area contributed by atoms with Gasteiger partial charge in [-0.15, -0.1) is 11.8 Å². The predicted molar refractivity (Wildman–Crippen MR) is 149 cm³/mol. The fourth-order valence-corrected chi connectivity index (χ4v) is 8.76. The van der Waals surface area contributed by atoms with Crippen molar-refractivity contribution >= 4 is 29.5 Å². The van der Waals surface area contributed by atoms with E-state index in [9.17, 15) is 19.5 Å². The lowest BCUT2D eigenvalue weighted by molar-refractivity contribution is -0.147. The van der Waals surface area contributed by atoms with Gasteiger partial charge in [0.05, 0.1) is 29.2 Å². The maximum Gasteiger partial charge on any atom is 0.247 e. The Morgan fingerprint density at radius 1 is 1.00 bits per heavy atom. The van der Waals surface area contributed by atoms with Crippen LogP contribution in [0.15, 0.2) is 54.6 Å². The van der Waals surface area contributed by atoms with Gasteiger partial charge in [-0.25, -0.2) is 0 Å². The summed E-state index contributed by atoms with van der Waals surface area (Å²) in [5.74, 6) is -1.31. The highest BCUT2D eigenvalue weighted by Crippen LogP contribution is 2.61. The first-order valence-corrected chi connectivity index (χ1v) is 14.7. The van der Waals surface area contributed by atoms with Crippen LogP contribution >= 0.6 is 11.8 Å². The zero-order valence-electron chi connectivity index (χ0n) is 22.7. The summed E-state index contributed by atoms with van der Waals surface area (Å²) >= 11 is 1.59. The molecule has 0 saturated carbocycles. The van der Waals surface area contributed by atoms with Gasteiger partial charge >= 0.3 is 0 Å². The number of likely N-dealkylation sites (tertiary alicyclic amines) is 1. The van der Waals surface area contributed by atoms with E-state index in [1.165, 1.54) is 0 Å². The lowest BCUT2D eigenvalue weighted by Crippen LogP contribution is -2.57. The van der Waals surface area contributed by atoms with Crippen LogP contribution in [0.5, 0.6) is 0 Å². The zero-order valence-corrected chi connectivity index (χ0v) is 23.5. The van der Waals surface area contributed by atoms with Crippen molar-refractivity contribution < 1.29 is 19.5 Å². The van der Waals surface area contributed by atoms with Gasteiger partial charge in [-0.1, -0.05) is 68.5 Å². The van der Waals surface area contributed by atoms with Crippen molar-refractivity contribution in [1.29, 1.82) is 0 Å². The maximum absolute atomic E-state index is 14.4. The van der Waals surface area contributed by atoms with Gasteiger partial charge in [-0.2, -0.15) is 0 Å². The van der Waals surface area contributed by atoms with Crippen LogP contribution in [0.3, 0.4) is 0 Å². The van der Waals surface area contributed by atoms with Crippen LogP contribution in [-0.2, 0) is 20.9 Å². The van der Waals surface area contributed by atoms with Gasteiger partial charge in [0.25, 0.3) is 0 Å². The summed E-state index contributed by atoms with van der Waals surface area (Å²) in [5.41, 5.74) is 1.04. The third-order valence-corrected chi connectivity index (χ3v) is 10.1. The van der Waals surface area contributed by atoms with Crippen molar-refractivity contribution in [2.24, 2.45) is 17.8 Å². The molecule has 1 unspecified atom stereocenters. The molecule has 2 fully saturated rings. The molecule has 1 N–H and O–H groups in total. The zero-order chi connectivity index (χ0) is 27.2. The summed E-state index contributed by atoms with van der Waals surface area (Å²) in [7, 11) is 0. The van der Waals surface area contributed by atoms with Gasteiger partial charge in [0.2, 0.25) is 17.7 Å². The van der Waals surface area contributed by atoms with Gasteiger partial charge in [-0.05, 0) is 31.7 Å². The molecule has 0 radical (unpaired) electrons. The quantitative estimate of drug-likeness (QED) is 0.541. The molecule has 0 bridgehead atoms. The number of fused-ring (bicyclic) bond motifs is 2. The number of hydrogen-bond acceptors (Lipinski definition) is 5. The van der Waals surface area contributed by atoms with E-state index in [0.717, 1.165) is 5.56 Å². The minimum Gasteiger partial charge on any atom is -0.394 e. The number of benzene rings is 1. The van der Waals surface area contributed by atoms with Crippen LogP contribution in [0.25, 0.3) is 0 Å². The minimum absolute atomic E-state index is 0.0317. The van der Waals surface area contributed by atoms with E-state index in [4.69, 9.17) is 0 Å². The van der Waals surface area contributed by atoms with E-state index >= 15 is 0 Å². The van der Waals surface area contributed by atoms with Crippen molar-refractivity contribution in [3.05, 3.63) is 60.2 Å². The summed E-state index contributed by atoms with van der Waals surface area (Å²) in [6, 6.07) is 8.64. The highest BCUT2D eigenvalue weighted by atomic mass is 32.2. The Labute approximate surface area is 229 Å². The van der Waals surface area contributed by atoms with Crippen LogP contribution in [0.1, 0.15) is 39.7 Å². The number of aliphatic hydroxyl groups is 1. The third kappa shape index (κ3) is 4.39. The molecule has 3 amide bonds. The van der Waals surface area contributed by atoms with Crippen LogP contribution < -0.4 is 0 Å². The molecule has 5 rings (SSSR count). The standard InChI is InChI=1S/C30H39N3O4S/c1-19(2)16-22(18-34)33-26-29(37)32(20(3)4)15-9-13-30(26)25(28(33)36)24-23(38-30)12-8-14-31(27(24)35)17-21-10-6-5-7-11-21/h5-13,19-20,22-26,34H,14-18H2,1-4H3/t22-,23+,24-,25+,26?,30+/m1/s1. The molecule has 0 aromatic heterocycles. The Bertz CT molecular complexity index is 1140. The number of nitrogens with zero attached hydrogens (tertiary/aromatic N) is 3. The topological polar surface area (TPSA) is 81.2 Å². The van der Waals surface area contributed by atoms with E-state index < -0.39 is 28.7 Å². The fraction of sp³-hybridized carbons (Fsp3) is 0.567. The van der Waals surface area contributed by atoms with E-state index in [1.54, 1.807) is 16.7 Å². The lowest BCUT2D eigenvalue weighted by atomic mass is 9.78. The largest absolute Gasteiger partial charge is 0.394 e. The fourth-order valence-electron chi connectivity index (χ4n) is 6.77. The highest BCUT2D eigenvalue weighted by molar-refractivity contribution is 8.02. The summed E-state index contributed by atoms with van der Waals surface area (Å²) in [5, 5.41) is 10.2. The smallest absolute Gasteiger partial charge is 0.247 e. The molecule has 4 aliphatic rings. The second kappa shape index (κ2) is 10.5. The van der Waals surface area contributed by atoms with Crippen molar-refractivity contribution in [2.75, 3.05) is 19.7 Å². The summed E-state index contributed by atoms with van der Waals surface area (Å²) in [6.07, 6.45) is 8.75. The molecule has 4 aliphatic heterocycles. The number of hydrogen-bond donors (Lipinski definition) is 1. The molecule has 38 heavy (non-hydrogen) atoms. The predicted octanol–water partition coefficient (Wildman–Crippen LogP) is 3.10. The number of carbonyl (C=O) groups excluding carboxylic acids is 3. The third-order valence-electron chi connectivity index (χ3n) is 8.40. The number of carbonyl (C=O) groups is 3. The van der Waals surface area contributed by atoms with Crippen LogP contribution in [0, 0.1) is 17.8 Å². The molecule has 4 heterocycles. The van der Waals surface area contributed by atoms with E-state index in [-0.39, 0.29) is 41.5 Å². The lowest BCUT2D eigenvalue weighted by Gasteiger charge is -2.39. The van der Waals surface area contributed by atoms with Crippen molar-refractivity contribution in [2.45, 2.75) is 68.8 Å². The number of aliphatic hydroxyl groups excluding tert-OH is 1. The molecular formula is C30H39N3O4S. The van der Waals surface area contributed by atoms with Gasteiger partial charge in [0.1, 0.15) is 6.04 Å². The molecule has 8 heteroatoms. The Morgan fingerprint density at radius 3 is 2.39 bits per heavy atom.